The quantitative estimate of drug-likeness (QED) is 0.476. The first kappa shape index (κ1) is 16.6. The van der Waals surface area contributed by atoms with Crippen LogP contribution in [0.5, 0.6) is 0 Å². The van der Waals surface area contributed by atoms with Crippen LogP contribution in [0.4, 0.5) is 0 Å². The number of rotatable bonds is 6. The van der Waals surface area contributed by atoms with E-state index >= 15 is 0 Å². The Labute approximate surface area is 144 Å². The van der Waals surface area contributed by atoms with Crippen molar-refractivity contribution in [2.24, 2.45) is 0 Å². The molecule has 6 heteroatoms. The minimum absolute atomic E-state index is 0.0437. The Kier molecular flexibility index (Phi) is 4.97. The molecule has 3 N–H and O–H groups in total. The summed E-state index contributed by atoms with van der Waals surface area (Å²) in [5.74, 6) is 0.278. The third-order valence-corrected chi connectivity index (χ3v) is 3.84. The van der Waals surface area contributed by atoms with Gasteiger partial charge in [-0.2, -0.15) is 5.26 Å². The van der Waals surface area contributed by atoms with Gasteiger partial charge in [-0.1, -0.05) is 18.2 Å². The van der Waals surface area contributed by atoms with Crippen molar-refractivity contribution in [3.05, 3.63) is 65.3 Å². The molecule has 0 radical (unpaired) electrons. The Hall–Kier alpha value is -3.30. The molecule has 0 spiro atoms. The third-order valence-electron chi connectivity index (χ3n) is 3.84. The van der Waals surface area contributed by atoms with Crippen LogP contribution in [0.15, 0.2) is 52.6 Å². The SMILES string of the molecule is N#C/C(=C\c1ccc(CO)o1)C(=O)NCCc1c[nH]c2ccccc12. The lowest BCUT2D eigenvalue weighted by molar-refractivity contribution is -0.117. The summed E-state index contributed by atoms with van der Waals surface area (Å²) in [7, 11) is 0. The molecule has 0 saturated carbocycles. The van der Waals surface area contributed by atoms with Crippen LogP contribution in [0.2, 0.25) is 0 Å². The normalized spacial score (nSPS) is 11.4. The molecule has 0 aliphatic rings. The monoisotopic (exact) mass is 335 g/mol. The largest absolute Gasteiger partial charge is 0.459 e. The number of aromatic nitrogens is 1. The Bertz CT molecular complexity index is 960. The molecule has 3 aromatic rings. The number of nitriles is 1. The van der Waals surface area contributed by atoms with Crippen LogP contribution in [-0.2, 0) is 17.8 Å². The number of aliphatic hydroxyl groups is 1. The fourth-order valence-electron chi connectivity index (χ4n) is 2.59. The number of nitrogens with one attached hydrogen (secondary N) is 2. The highest BCUT2D eigenvalue weighted by Gasteiger charge is 2.11. The van der Waals surface area contributed by atoms with E-state index in [1.54, 1.807) is 12.1 Å². The molecule has 1 amide bonds. The molecular weight excluding hydrogens is 318 g/mol. The van der Waals surface area contributed by atoms with Crippen molar-refractivity contribution in [1.82, 2.24) is 10.3 Å². The minimum Gasteiger partial charge on any atom is -0.459 e. The molecule has 25 heavy (non-hydrogen) atoms. The smallest absolute Gasteiger partial charge is 0.262 e. The van der Waals surface area contributed by atoms with Crippen molar-refractivity contribution in [2.45, 2.75) is 13.0 Å². The van der Waals surface area contributed by atoms with E-state index in [0.717, 1.165) is 16.5 Å². The number of furan rings is 1. The van der Waals surface area contributed by atoms with Crippen LogP contribution < -0.4 is 5.32 Å². The summed E-state index contributed by atoms with van der Waals surface area (Å²) in [6.07, 6.45) is 3.95. The number of para-hydroxylation sites is 1. The van der Waals surface area contributed by atoms with E-state index in [0.29, 0.717) is 24.5 Å². The zero-order valence-electron chi connectivity index (χ0n) is 13.5. The summed E-state index contributed by atoms with van der Waals surface area (Å²) < 4.78 is 5.27. The molecular formula is C19H17N3O3. The molecule has 126 valence electrons. The van der Waals surface area contributed by atoms with Crippen LogP contribution in [-0.4, -0.2) is 22.5 Å². The average Bonchev–Trinajstić information content (AvgIpc) is 3.26. The Balaban J connectivity index is 1.62. The predicted molar refractivity (Wildman–Crippen MR) is 93.2 cm³/mol. The van der Waals surface area contributed by atoms with Crippen molar-refractivity contribution >= 4 is 22.9 Å². The number of aromatic amines is 1. The number of hydrogen-bond donors (Lipinski definition) is 3. The van der Waals surface area contributed by atoms with Gasteiger partial charge in [0.1, 0.15) is 29.8 Å². The van der Waals surface area contributed by atoms with Crippen molar-refractivity contribution in [3.63, 3.8) is 0 Å². The standard InChI is InChI=1S/C19H17N3O3/c20-10-14(9-15-5-6-16(12-23)25-15)19(24)21-8-7-13-11-22-18-4-2-1-3-17(13)18/h1-6,9,11,22-23H,7-8,12H2,(H,21,24)/b14-9+. The predicted octanol–water partition coefficient (Wildman–Crippen LogP) is 2.52. The maximum absolute atomic E-state index is 12.1. The summed E-state index contributed by atoms with van der Waals surface area (Å²) in [6.45, 7) is 0.187. The topological polar surface area (TPSA) is 102 Å². The van der Waals surface area contributed by atoms with E-state index in [-0.39, 0.29) is 12.2 Å². The fraction of sp³-hybridized carbons (Fsp3) is 0.158. The first-order chi connectivity index (χ1) is 12.2. The summed E-state index contributed by atoms with van der Waals surface area (Å²) >= 11 is 0. The van der Waals surface area contributed by atoms with E-state index in [2.05, 4.69) is 10.3 Å². The van der Waals surface area contributed by atoms with Crippen LogP contribution >= 0.6 is 0 Å². The Morgan fingerprint density at radius 2 is 2.16 bits per heavy atom. The summed E-state index contributed by atoms with van der Waals surface area (Å²) in [5.41, 5.74) is 2.12. The highest BCUT2D eigenvalue weighted by atomic mass is 16.4. The van der Waals surface area contributed by atoms with Gasteiger partial charge in [-0.25, -0.2) is 0 Å². The van der Waals surface area contributed by atoms with E-state index in [1.165, 1.54) is 6.08 Å². The van der Waals surface area contributed by atoms with Crippen LogP contribution in [0.25, 0.3) is 17.0 Å². The van der Waals surface area contributed by atoms with Gasteiger partial charge in [0.2, 0.25) is 0 Å². The zero-order chi connectivity index (χ0) is 17.6. The second kappa shape index (κ2) is 7.51. The van der Waals surface area contributed by atoms with Crippen molar-refractivity contribution < 1.29 is 14.3 Å². The summed E-state index contributed by atoms with van der Waals surface area (Å²) in [5, 5.41) is 22.0. The molecule has 3 rings (SSSR count). The van der Waals surface area contributed by atoms with Gasteiger partial charge in [-0.15, -0.1) is 0 Å². The second-order valence-electron chi connectivity index (χ2n) is 5.50. The van der Waals surface area contributed by atoms with E-state index in [9.17, 15) is 10.1 Å². The summed E-state index contributed by atoms with van der Waals surface area (Å²) in [4.78, 5) is 15.3. The molecule has 0 bridgehead atoms. The molecule has 0 fully saturated rings. The molecule has 0 aliphatic carbocycles. The lowest BCUT2D eigenvalue weighted by atomic mass is 10.1. The molecule has 1 aromatic carbocycles. The maximum Gasteiger partial charge on any atom is 0.262 e. The Morgan fingerprint density at radius 3 is 2.92 bits per heavy atom. The van der Waals surface area contributed by atoms with E-state index in [4.69, 9.17) is 9.52 Å². The molecule has 0 unspecified atom stereocenters. The number of nitrogens with zero attached hydrogens (tertiary/aromatic N) is 1. The van der Waals surface area contributed by atoms with Gasteiger partial charge in [0.05, 0.1) is 0 Å². The number of hydrogen-bond acceptors (Lipinski definition) is 4. The maximum atomic E-state index is 12.1. The van der Waals surface area contributed by atoms with Gasteiger partial charge >= 0.3 is 0 Å². The number of H-pyrrole nitrogens is 1. The zero-order valence-corrected chi connectivity index (χ0v) is 13.5. The van der Waals surface area contributed by atoms with Crippen molar-refractivity contribution in [1.29, 1.82) is 5.26 Å². The van der Waals surface area contributed by atoms with Gasteiger partial charge in [0.15, 0.2) is 0 Å². The number of benzene rings is 1. The van der Waals surface area contributed by atoms with Crippen LogP contribution in [0, 0.1) is 11.3 Å². The highest BCUT2D eigenvalue weighted by Crippen LogP contribution is 2.17. The molecule has 0 saturated heterocycles. The minimum atomic E-state index is -0.454. The summed E-state index contributed by atoms with van der Waals surface area (Å²) in [6, 6.07) is 13.0. The van der Waals surface area contributed by atoms with Crippen molar-refractivity contribution in [3.8, 4) is 6.07 Å². The van der Waals surface area contributed by atoms with Gasteiger partial charge in [-0.3, -0.25) is 4.79 Å². The number of amides is 1. The van der Waals surface area contributed by atoms with Gasteiger partial charge < -0.3 is 19.8 Å². The average molecular weight is 335 g/mol. The van der Waals surface area contributed by atoms with Gasteiger partial charge in [0, 0.05) is 29.7 Å². The number of carbonyl (C=O) groups is 1. The Morgan fingerprint density at radius 1 is 1.32 bits per heavy atom. The fourth-order valence-corrected chi connectivity index (χ4v) is 2.59. The lowest BCUT2D eigenvalue weighted by Crippen LogP contribution is -2.26. The molecule has 0 aliphatic heterocycles. The third kappa shape index (κ3) is 3.79. The van der Waals surface area contributed by atoms with Crippen LogP contribution in [0.1, 0.15) is 17.1 Å². The first-order valence-corrected chi connectivity index (χ1v) is 7.86. The van der Waals surface area contributed by atoms with E-state index in [1.807, 2.05) is 36.5 Å². The van der Waals surface area contributed by atoms with Gasteiger partial charge in [0.25, 0.3) is 5.91 Å². The number of aliphatic hydroxyl groups excluding tert-OH is 1. The van der Waals surface area contributed by atoms with Crippen molar-refractivity contribution in [2.75, 3.05) is 6.54 Å². The van der Waals surface area contributed by atoms with Gasteiger partial charge in [-0.05, 0) is 30.2 Å². The van der Waals surface area contributed by atoms with E-state index < -0.39 is 5.91 Å². The molecule has 2 aromatic heterocycles. The second-order valence-corrected chi connectivity index (χ2v) is 5.50. The number of carbonyl (C=O) groups excluding carboxylic acids is 1. The first-order valence-electron chi connectivity index (χ1n) is 7.86. The highest BCUT2D eigenvalue weighted by molar-refractivity contribution is 6.01. The molecule has 0 atom stereocenters. The number of fused-ring (bicyclic) bond motifs is 1. The molecule has 2 heterocycles. The lowest BCUT2D eigenvalue weighted by Gasteiger charge is -2.03. The van der Waals surface area contributed by atoms with Crippen LogP contribution in [0.3, 0.4) is 0 Å². The molecule has 6 nitrogen and oxygen atoms in total.